The third-order valence-corrected chi connectivity index (χ3v) is 3.23. The minimum Gasteiger partial charge on any atom is -0.481 e. The molecule has 1 N–H and O–H groups in total. The zero-order valence-corrected chi connectivity index (χ0v) is 14.0. The molecule has 0 rings (SSSR count). The number of allylic oxidation sites excluding steroid dienone is 2. The van der Waals surface area contributed by atoms with Crippen molar-refractivity contribution >= 4 is 5.97 Å². The van der Waals surface area contributed by atoms with Crippen LogP contribution in [-0.4, -0.2) is 11.1 Å². The van der Waals surface area contributed by atoms with Gasteiger partial charge < -0.3 is 5.11 Å². The van der Waals surface area contributed by atoms with E-state index in [1.165, 1.54) is 38.5 Å². The van der Waals surface area contributed by atoms with Gasteiger partial charge in [-0.2, -0.15) is 0 Å². The van der Waals surface area contributed by atoms with Crippen LogP contribution in [0.15, 0.2) is 12.2 Å². The molecule has 0 aromatic heterocycles. The number of carboxylic acids is 1. The summed E-state index contributed by atoms with van der Waals surface area (Å²) in [5.41, 5.74) is 0. The van der Waals surface area contributed by atoms with Gasteiger partial charge in [0.2, 0.25) is 0 Å². The van der Waals surface area contributed by atoms with E-state index in [1.807, 2.05) is 0 Å². The minimum atomic E-state index is -0.755. The average Bonchev–Trinajstić information content (AvgIpc) is 2.50. The van der Waals surface area contributed by atoms with Gasteiger partial charge in [-0.1, -0.05) is 68.9 Å². The molecule has 0 saturated carbocycles. The van der Waals surface area contributed by atoms with Crippen LogP contribution in [0.4, 0.5) is 0 Å². The predicted octanol–water partition coefficient (Wildman–Crippen LogP) is 5.34. The van der Waals surface area contributed by atoms with Crippen molar-refractivity contribution in [3.8, 4) is 23.7 Å². The fraction of sp³-hybridized carbons (Fsp3) is 0.650. The SMILES string of the molecule is CCCCCCCCC=CCC#CCC#CCCCC(=O)O. The van der Waals surface area contributed by atoms with Gasteiger partial charge in [-0.05, 0) is 19.3 Å². The van der Waals surface area contributed by atoms with E-state index in [1.54, 1.807) is 0 Å². The Labute approximate surface area is 136 Å². The van der Waals surface area contributed by atoms with Gasteiger partial charge in [-0.15, -0.1) is 5.92 Å². The molecule has 0 aliphatic rings. The molecule has 0 atom stereocenters. The largest absolute Gasteiger partial charge is 0.481 e. The Morgan fingerprint density at radius 2 is 1.64 bits per heavy atom. The van der Waals surface area contributed by atoms with E-state index in [4.69, 9.17) is 5.11 Å². The van der Waals surface area contributed by atoms with Crippen molar-refractivity contribution in [3.05, 3.63) is 12.2 Å². The van der Waals surface area contributed by atoms with Gasteiger partial charge in [-0.25, -0.2) is 0 Å². The summed E-state index contributed by atoms with van der Waals surface area (Å²) in [7, 11) is 0. The molecule has 0 unspecified atom stereocenters. The summed E-state index contributed by atoms with van der Waals surface area (Å²) in [4.78, 5) is 10.3. The number of aliphatic carboxylic acids is 1. The summed E-state index contributed by atoms with van der Waals surface area (Å²) in [6.07, 6.45) is 16.4. The van der Waals surface area contributed by atoms with Crippen LogP contribution < -0.4 is 0 Å². The molecule has 0 heterocycles. The molecule has 0 fully saturated rings. The Kier molecular flexibility index (Phi) is 16.1. The third-order valence-electron chi connectivity index (χ3n) is 3.23. The quantitative estimate of drug-likeness (QED) is 0.318. The van der Waals surface area contributed by atoms with Gasteiger partial charge in [0.05, 0.1) is 6.42 Å². The Hall–Kier alpha value is -1.67. The van der Waals surface area contributed by atoms with Crippen LogP contribution >= 0.6 is 0 Å². The summed E-state index contributed by atoms with van der Waals surface area (Å²) in [5.74, 6) is 11.2. The first-order valence-corrected chi connectivity index (χ1v) is 8.55. The molecule has 122 valence electrons. The minimum absolute atomic E-state index is 0.198. The van der Waals surface area contributed by atoms with Gasteiger partial charge >= 0.3 is 5.97 Å². The number of unbranched alkanes of at least 4 members (excludes halogenated alkanes) is 7. The molecular weight excluding hydrogens is 272 g/mol. The first-order chi connectivity index (χ1) is 10.8. The van der Waals surface area contributed by atoms with Crippen LogP contribution in [0.2, 0.25) is 0 Å². The lowest BCUT2D eigenvalue weighted by Crippen LogP contribution is -1.92. The normalized spacial score (nSPS) is 9.86. The Morgan fingerprint density at radius 1 is 0.909 bits per heavy atom. The summed E-state index contributed by atoms with van der Waals surface area (Å²) in [5, 5.41) is 8.46. The fourth-order valence-corrected chi connectivity index (χ4v) is 1.96. The number of carboxylic acid groups (broad SMARTS) is 1. The Balaban J connectivity index is 3.39. The van der Waals surface area contributed by atoms with Crippen LogP contribution in [0.3, 0.4) is 0 Å². The Bertz CT molecular complexity index is 412. The molecule has 0 aliphatic carbocycles. The predicted molar refractivity (Wildman–Crippen MR) is 93.4 cm³/mol. The van der Waals surface area contributed by atoms with E-state index in [9.17, 15) is 4.79 Å². The highest BCUT2D eigenvalue weighted by atomic mass is 16.4. The number of hydrogen-bond acceptors (Lipinski definition) is 1. The summed E-state index contributed by atoms with van der Waals surface area (Å²) < 4.78 is 0. The van der Waals surface area contributed by atoms with E-state index >= 15 is 0 Å². The fourth-order valence-electron chi connectivity index (χ4n) is 1.96. The zero-order chi connectivity index (χ0) is 16.3. The highest BCUT2D eigenvalue weighted by molar-refractivity contribution is 5.66. The molecule has 22 heavy (non-hydrogen) atoms. The van der Waals surface area contributed by atoms with E-state index in [0.29, 0.717) is 19.3 Å². The molecular formula is C20H30O2. The molecule has 0 saturated heterocycles. The van der Waals surface area contributed by atoms with E-state index < -0.39 is 5.97 Å². The number of hydrogen-bond donors (Lipinski definition) is 1. The first-order valence-electron chi connectivity index (χ1n) is 8.55. The van der Waals surface area contributed by atoms with Crippen LogP contribution in [0.5, 0.6) is 0 Å². The molecule has 0 amide bonds. The van der Waals surface area contributed by atoms with E-state index in [-0.39, 0.29) is 6.42 Å². The average molecular weight is 302 g/mol. The van der Waals surface area contributed by atoms with Gasteiger partial charge in [-0.3, -0.25) is 4.79 Å². The second-order valence-electron chi connectivity index (χ2n) is 5.36. The lowest BCUT2D eigenvalue weighted by Gasteiger charge is -1.97. The van der Waals surface area contributed by atoms with Crippen molar-refractivity contribution < 1.29 is 9.90 Å². The van der Waals surface area contributed by atoms with Crippen molar-refractivity contribution in [2.45, 2.75) is 84.0 Å². The molecule has 0 bridgehead atoms. The molecule has 0 aromatic carbocycles. The van der Waals surface area contributed by atoms with Crippen LogP contribution in [0.1, 0.15) is 84.0 Å². The smallest absolute Gasteiger partial charge is 0.303 e. The number of carbonyl (C=O) groups is 1. The van der Waals surface area contributed by atoms with Gasteiger partial charge in [0.1, 0.15) is 0 Å². The Morgan fingerprint density at radius 3 is 2.41 bits per heavy atom. The van der Waals surface area contributed by atoms with Crippen molar-refractivity contribution in [3.63, 3.8) is 0 Å². The van der Waals surface area contributed by atoms with Crippen molar-refractivity contribution in [1.82, 2.24) is 0 Å². The van der Waals surface area contributed by atoms with Crippen molar-refractivity contribution in [1.29, 1.82) is 0 Å². The van der Waals surface area contributed by atoms with Gasteiger partial charge in [0, 0.05) is 19.3 Å². The number of rotatable bonds is 11. The molecule has 0 aliphatic heterocycles. The molecule has 2 nitrogen and oxygen atoms in total. The lowest BCUT2D eigenvalue weighted by atomic mass is 10.1. The lowest BCUT2D eigenvalue weighted by molar-refractivity contribution is -0.137. The summed E-state index contributed by atoms with van der Waals surface area (Å²) in [6.45, 7) is 2.24. The van der Waals surface area contributed by atoms with E-state index in [0.717, 1.165) is 12.8 Å². The third kappa shape index (κ3) is 18.3. The molecule has 0 radical (unpaired) electrons. The maximum Gasteiger partial charge on any atom is 0.303 e. The summed E-state index contributed by atoms with van der Waals surface area (Å²) >= 11 is 0. The van der Waals surface area contributed by atoms with Crippen LogP contribution in [-0.2, 0) is 4.79 Å². The van der Waals surface area contributed by atoms with Crippen molar-refractivity contribution in [2.24, 2.45) is 0 Å². The summed E-state index contributed by atoms with van der Waals surface area (Å²) in [6, 6.07) is 0. The van der Waals surface area contributed by atoms with E-state index in [2.05, 4.69) is 42.8 Å². The topological polar surface area (TPSA) is 37.3 Å². The molecule has 2 heteroatoms. The highest BCUT2D eigenvalue weighted by Crippen LogP contribution is 2.07. The van der Waals surface area contributed by atoms with Crippen LogP contribution in [0, 0.1) is 23.7 Å². The standard InChI is InChI=1S/C20H30O2/c1-2-3-4-5-6-7-8-9-10-11-12-13-14-15-16-17-18-19-20(21)22/h9-10H,2-8,11,14,17-19H2,1H3,(H,21,22). The maximum atomic E-state index is 10.3. The molecule has 0 aromatic rings. The highest BCUT2D eigenvalue weighted by Gasteiger charge is 1.92. The monoisotopic (exact) mass is 302 g/mol. The van der Waals surface area contributed by atoms with Gasteiger partial charge in [0.25, 0.3) is 0 Å². The first kappa shape index (κ1) is 20.3. The second kappa shape index (κ2) is 17.4. The van der Waals surface area contributed by atoms with Gasteiger partial charge in [0.15, 0.2) is 0 Å². The second-order valence-corrected chi connectivity index (χ2v) is 5.36. The van der Waals surface area contributed by atoms with Crippen LogP contribution in [0.25, 0.3) is 0 Å². The zero-order valence-electron chi connectivity index (χ0n) is 14.0. The van der Waals surface area contributed by atoms with Crippen molar-refractivity contribution in [2.75, 3.05) is 0 Å². The molecule has 0 spiro atoms. The maximum absolute atomic E-state index is 10.3.